The standard InChI is InChI=1S/C20H23N3OS/c1-23(20(21)22)19(24)18(13-9-10-13)16-7-3-5-14(11-16)15-6-4-8-17(12-15)25-2/h3-8,11-13,18H,9-10H2,1-2H3,(H3,21,22)/t18-/m0/s1. The summed E-state index contributed by atoms with van der Waals surface area (Å²) in [5.41, 5.74) is 8.78. The third-order valence-electron chi connectivity index (χ3n) is 4.70. The van der Waals surface area contributed by atoms with Gasteiger partial charge in [-0.2, -0.15) is 0 Å². The van der Waals surface area contributed by atoms with E-state index in [4.69, 9.17) is 11.1 Å². The first-order valence-corrected chi connectivity index (χ1v) is 9.59. The van der Waals surface area contributed by atoms with Gasteiger partial charge in [0.15, 0.2) is 5.96 Å². The molecule has 1 aliphatic carbocycles. The number of nitrogens with two attached hydrogens (primary N) is 1. The van der Waals surface area contributed by atoms with Crippen molar-refractivity contribution < 1.29 is 4.79 Å². The predicted octanol–water partition coefficient (Wildman–Crippen LogP) is 3.92. The van der Waals surface area contributed by atoms with Crippen LogP contribution in [0.3, 0.4) is 0 Å². The molecule has 2 aromatic carbocycles. The second kappa shape index (κ2) is 7.31. The quantitative estimate of drug-likeness (QED) is 0.486. The van der Waals surface area contributed by atoms with Gasteiger partial charge in [0.25, 0.3) is 0 Å². The van der Waals surface area contributed by atoms with Gasteiger partial charge >= 0.3 is 0 Å². The molecule has 0 saturated heterocycles. The number of carbonyl (C=O) groups excluding carboxylic acids is 1. The molecule has 1 fully saturated rings. The lowest BCUT2D eigenvalue weighted by Gasteiger charge is -2.23. The number of guanidine groups is 1. The smallest absolute Gasteiger partial charge is 0.236 e. The summed E-state index contributed by atoms with van der Waals surface area (Å²) >= 11 is 1.72. The maximum absolute atomic E-state index is 12.8. The highest BCUT2D eigenvalue weighted by molar-refractivity contribution is 7.98. The van der Waals surface area contributed by atoms with Crippen LogP contribution in [-0.4, -0.2) is 30.1 Å². The average molecular weight is 353 g/mol. The van der Waals surface area contributed by atoms with Crippen LogP contribution in [0.15, 0.2) is 53.4 Å². The van der Waals surface area contributed by atoms with Crippen molar-refractivity contribution in [2.24, 2.45) is 11.7 Å². The molecule has 130 valence electrons. The molecule has 0 spiro atoms. The molecule has 0 aromatic heterocycles. The monoisotopic (exact) mass is 353 g/mol. The highest BCUT2D eigenvalue weighted by Gasteiger charge is 2.39. The minimum Gasteiger partial charge on any atom is -0.370 e. The number of carbonyl (C=O) groups is 1. The Morgan fingerprint density at radius 3 is 2.44 bits per heavy atom. The molecule has 1 amide bonds. The second-order valence-corrected chi connectivity index (χ2v) is 7.33. The molecular formula is C20H23N3OS. The molecule has 3 rings (SSSR count). The number of benzene rings is 2. The number of hydrogen-bond donors (Lipinski definition) is 2. The van der Waals surface area contributed by atoms with E-state index in [0.717, 1.165) is 29.5 Å². The van der Waals surface area contributed by atoms with Crippen LogP contribution in [0.1, 0.15) is 24.3 Å². The van der Waals surface area contributed by atoms with Crippen molar-refractivity contribution in [2.75, 3.05) is 13.3 Å². The van der Waals surface area contributed by atoms with E-state index in [1.807, 2.05) is 12.1 Å². The summed E-state index contributed by atoms with van der Waals surface area (Å²) in [5.74, 6) is -0.177. The van der Waals surface area contributed by atoms with Gasteiger partial charge in [-0.3, -0.25) is 15.1 Å². The average Bonchev–Trinajstić information content (AvgIpc) is 3.46. The van der Waals surface area contributed by atoms with E-state index < -0.39 is 0 Å². The van der Waals surface area contributed by atoms with Crippen LogP contribution in [0, 0.1) is 11.3 Å². The zero-order valence-electron chi connectivity index (χ0n) is 14.5. The molecule has 0 unspecified atom stereocenters. The van der Waals surface area contributed by atoms with Crippen molar-refractivity contribution in [1.29, 1.82) is 5.41 Å². The summed E-state index contributed by atoms with van der Waals surface area (Å²) < 4.78 is 0. The van der Waals surface area contributed by atoms with Crippen molar-refractivity contribution in [3.05, 3.63) is 54.1 Å². The largest absolute Gasteiger partial charge is 0.370 e. The molecule has 1 saturated carbocycles. The summed E-state index contributed by atoms with van der Waals surface area (Å²) in [5, 5.41) is 7.55. The molecule has 0 bridgehead atoms. The van der Waals surface area contributed by atoms with Crippen molar-refractivity contribution in [3.63, 3.8) is 0 Å². The van der Waals surface area contributed by atoms with E-state index in [9.17, 15) is 4.79 Å². The topological polar surface area (TPSA) is 70.2 Å². The molecule has 25 heavy (non-hydrogen) atoms. The Hall–Kier alpha value is -2.27. The Morgan fingerprint density at radius 1 is 1.20 bits per heavy atom. The van der Waals surface area contributed by atoms with Crippen LogP contribution in [-0.2, 0) is 4.79 Å². The zero-order valence-corrected chi connectivity index (χ0v) is 15.3. The van der Waals surface area contributed by atoms with Gasteiger partial charge in [-0.05, 0) is 53.8 Å². The Morgan fingerprint density at radius 2 is 1.84 bits per heavy atom. The van der Waals surface area contributed by atoms with E-state index in [-0.39, 0.29) is 17.8 Å². The molecular weight excluding hydrogens is 330 g/mol. The van der Waals surface area contributed by atoms with Crippen LogP contribution in [0.25, 0.3) is 11.1 Å². The summed E-state index contributed by atoms with van der Waals surface area (Å²) in [6.07, 6.45) is 4.16. The van der Waals surface area contributed by atoms with E-state index in [0.29, 0.717) is 5.92 Å². The predicted molar refractivity (Wildman–Crippen MR) is 104 cm³/mol. The fourth-order valence-electron chi connectivity index (χ4n) is 3.09. The minimum atomic E-state index is -0.224. The first-order chi connectivity index (χ1) is 12.0. The number of nitrogens with one attached hydrogen (secondary N) is 1. The van der Waals surface area contributed by atoms with Gasteiger partial charge in [-0.25, -0.2) is 0 Å². The van der Waals surface area contributed by atoms with Crippen LogP contribution < -0.4 is 5.73 Å². The Bertz CT molecular complexity index is 801. The van der Waals surface area contributed by atoms with Gasteiger partial charge in [0, 0.05) is 11.9 Å². The highest BCUT2D eigenvalue weighted by atomic mass is 32.2. The third-order valence-corrected chi connectivity index (χ3v) is 5.43. The van der Waals surface area contributed by atoms with E-state index >= 15 is 0 Å². The van der Waals surface area contributed by atoms with Crippen molar-refractivity contribution in [1.82, 2.24) is 4.90 Å². The van der Waals surface area contributed by atoms with Gasteiger partial charge in [0.05, 0.1) is 5.92 Å². The SMILES string of the molecule is CSc1cccc(-c2cccc([C@@H](C(=O)N(C)C(=N)N)C3CC3)c2)c1. The summed E-state index contributed by atoms with van der Waals surface area (Å²) in [4.78, 5) is 15.3. The van der Waals surface area contributed by atoms with Crippen LogP contribution in [0.2, 0.25) is 0 Å². The maximum Gasteiger partial charge on any atom is 0.236 e. The number of likely N-dealkylation sites (N-methyl/N-ethyl adjacent to an activating group) is 1. The number of amides is 1. The minimum absolute atomic E-state index is 0.0926. The normalized spacial score (nSPS) is 14.8. The molecule has 3 N–H and O–H groups in total. The van der Waals surface area contributed by atoms with Gasteiger partial charge < -0.3 is 5.73 Å². The number of rotatable bonds is 5. The van der Waals surface area contributed by atoms with E-state index in [1.54, 1.807) is 18.8 Å². The van der Waals surface area contributed by atoms with E-state index in [1.165, 1.54) is 9.80 Å². The third kappa shape index (κ3) is 3.87. The first kappa shape index (κ1) is 17.5. The fourth-order valence-corrected chi connectivity index (χ4v) is 3.55. The Labute approximate surface area is 152 Å². The second-order valence-electron chi connectivity index (χ2n) is 6.46. The van der Waals surface area contributed by atoms with Crippen molar-refractivity contribution >= 4 is 23.6 Å². The van der Waals surface area contributed by atoms with Gasteiger partial charge in [0.1, 0.15) is 0 Å². The Balaban J connectivity index is 1.95. The highest BCUT2D eigenvalue weighted by Crippen LogP contribution is 2.44. The maximum atomic E-state index is 12.8. The van der Waals surface area contributed by atoms with E-state index in [2.05, 4.69) is 42.7 Å². The summed E-state index contributed by atoms with van der Waals surface area (Å²) in [6.45, 7) is 0. The molecule has 0 radical (unpaired) electrons. The number of hydrogen-bond acceptors (Lipinski definition) is 3. The molecule has 0 heterocycles. The molecule has 0 aliphatic heterocycles. The first-order valence-electron chi connectivity index (χ1n) is 8.37. The van der Waals surface area contributed by atoms with Crippen LogP contribution in [0.4, 0.5) is 0 Å². The number of thioether (sulfide) groups is 1. The van der Waals surface area contributed by atoms with Gasteiger partial charge in [-0.1, -0.05) is 36.4 Å². The molecule has 5 heteroatoms. The van der Waals surface area contributed by atoms with Crippen molar-refractivity contribution in [2.45, 2.75) is 23.7 Å². The summed E-state index contributed by atoms with van der Waals surface area (Å²) in [7, 11) is 1.58. The lowest BCUT2D eigenvalue weighted by atomic mass is 9.90. The number of nitrogens with zero attached hydrogens (tertiary/aromatic N) is 1. The van der Waals surface area contributed by atoms with Crippen molar-refractivity contribution in [3.8, 4) is 11.1 Å². The lowest BCUT2D eigenvalue weighted by molar-refractivity contribution is -0.128. The molecule has 4 nitrogen and oxygen atoms in total. The van der Waals surface area contributed by atoms with Gasteiger partial charge in [-0.15, -0.1) is 11.8 Å². The molecule has 1 aliphatic rings. The van der Waals surface area contributed by atoms with Crippen LogP contribution in [0.5, 0.6) is 0 Å². The zero-order chi connectivity index (χ0) is 18.0. The lowest BCUT2D eigenvalue weighted by Crippen LogP contribution is -2.41. The fraction of sp³-hybridized carbons (Fsp3) is 0.300. The molecule has 1 atom stereocenters. The van der Waals surface area contributed by atoms with Crippen LogP contribution >= 0.6 is 11.8 Å². The Kier molecular flexibility index (Phi) is 5.13. The van der Waals surface area contributed by atoms with Gasteiger partial charge in [0.2, 0.25) is 5.91 Å². The summed E-state index contributed by atoms with van der Waals surface area (Å²) in [6, 6.07) is 16.6. The molecule has 2 aromatic rings.